The molecule has 27 heavy (non-hydrogen) atoms. The van der Waals surface area contributed by atoms with E-state index in [1.807, 2.05) is 18.4 Å². The molecule has 0 atom stereocenters. The molecular weight excluding hydrogens is 427 g/mol. The van der Waals surface area contributed by atoms with Crippen LogP contribution in [0.2, 0.25) is 10.0 Å². The maximum Gasteiger partial charge on any atom is 0.257 e. The Kier molecular flexibility index (Phi) is 5.58. The van der Waals surface area contributed by atoms with Gasteiger partial charge in [0, 0.05) is 17.2 Å². The minimum atomic E-state index is -3.41. The van der Waals surface area contributed by atoms with Crippen LogP contribution in [0.5, 0.6) is 0 Å². The van der Waals surface area contributed by atoms with E-state index >= 15 is 0 Å². The number of benzene rings is 2. The third-order valence-corrected chi connectivity index (χ3v) is 6.25. The first-order chi connectivity index (χ1) is 12.6. The highest BCUT2D eigenvalue weighted by Gasteiger charge is 2.16. The van der Waals surface area contributed by atoms with Crippen molar-refractivity contribution in [3.05, 3.63) is 62.4 Å². The van der Waals surface area contributed by atoms with Gasteiger partial charge in [0.25, 0.3) is 5.91 Å². The highest BCUT2D eigenvalue weighted by atomic mass is 35.5. The lowest BCUT2D eigenvalue weighted by Gasteiger charge is -2.10. The second-order valence-corrected chi connectivity index (χ2v) is 9.71. The summed E-state index contributed by atoms with van der Waals surface area (Å²) in [4.78, 5) is 16.9. The Morgan fingerprint density at radius 2 is 1.85 bits per heavy atom. The van der Waals surface area contributed by atoms with Crippen LogP contribution in [-0.4, -0.2) is 25.6 Å². The standard InChI is InChI=1S/C18H14Cl2N2O3S2/c1-10-21-17(9-26-10)11-3-6-16(15(20)7-11)22-18(23)13-5-4-12(8-14(13)19)27(2,24)25/h3-9H,1-2H3,(H,22,23). The molecule has 1 amide bonds. The first kappa shape index (κ1) is 19.8. The first-order valence-corrected chi connectivity index (χ1v) is 11.2. The maximum absolute atomic E-state index is 12.5. The first-order valence-electron chi connectivity index (χ1n) is 7.68. The molecule has 0 aliphatic rings. The SMILES string of the molecule is Cc1nc(-c2ccc(NC(=O)c3ccc(S(C)(=O)=O)cc3Cl)c(Cl)c2)cs1. The third kappa shape index (κ3) is 4.50. The topological polar surface area (TPSA) is 76.1 Å². The van der Waals surface area contributed by atoms with Crippen molar-refractivity contribution in [3.63, 3.8) is 0 Å². The van der Waals surface area contributed by atoms with Crippen molar-refractivity contribution in [3.8, 4) is 11.3 Å². The van der Waals surface area contributed by atoms with E-state index in [1.54, 1.807) is 23.5 Å². The van der Waals surface area contributed by atoms with Crippen LogP contribution in [0.4, 0.5) is 5.69 Å². The number of amides is 1. The molecule has 3 rings (SSSR count). The van der Waals surface area contributed by atoms with E-state index in [2.05, 4.69) is 10.3 Å². The van der Waals surface area contributed by atoms with Gasteiger partial charge in [0.05, 0.1) is 36.9 Å². The number of anilines is 1. The van der Waals surface area contributed by atoms with Gasteiger partial charge in [-0.25, -0.2) is 13.4 Å². The van der Waals surface area contributed by atoms with Gasteiger partial charge in [0.15, 0.2) is 9.84 Å². The lowest BCUT2D eigenvalue weighted by Crippen LogP contribution is -2.13. The number of aryl methyl sites for hydroxylation is 1. The molecule has 0 spiro atoms. The van der Waals surface area contributed by atoms with Crippen LogP contribution in [0.25, 0.3) is 11.3 Å². The number of carbonyl (C=O) groups is 1. The molecule has 9 heteroatoms. The van der Waals surface area contributed by atoms with Crippen LogP contribution in [0.1, 0.15) is 15.4 Å². The number of nitrogens with zero attached hydrogens (tertiary/aromatic N) is 1. The summed E-state index contributed by atoms with van der Waals surface area (Å²) >= 11 is 13.9. The largest absolute Gasteiger partial charge is 0.321 e. The number of sulfone groups is 1. The number of aromatic nitrogens is 1. The average Bonchev–Trinajstić information content (AvgIpc) is 3.02. The average molecular weight is 441 g/mol. The number of halogens is 2. The maximum atomic E-state index is 12.5. The van der Waals surface area contributed by atoms with Gasteiger partial charge in [-0.15, -0.1) is 11.3 Å². The van der Waals surface area contributed by atoms with Crippen molar-refractivity contribution < 1.29 is 13.2 Å². The zero-order valence-electron chi connectivity index (χ0n) is 14.3. The molecule has 0 radical (unpaired) electrons. The van der Waals surface area contributed by atoms with E-state index in [4.69, 9.17) is 23.2 Å². The number of hydrogen-bond donors (Lipinski definition) is 1. The molecule has 3 aromatic rings. The summed E-state index contributed by atoms with van der Waals surface area (Å²) in [7, 11) is -3.41. The van der Waals surface area contributed by atoms with E-state index in [1.165, 1.54) is 18.2 Å². The summed E-state index contributed by atoms with van der Waals surface area (Å²) in [6.45, 7) is 1.92. The van der Waals surface area contributed by atoms with Crippen LogP contribution in [-0.2, 0) is 9.84 Å². The molecule has 2 aromatic carbocycles. The van der Waals surface area contributed by atoms with Crippen molar-refractivity contribution in [1.29, 1.82) is 0 Å². The smallest absolute Gasteiger partial charge is 0.257 e. The fourth-order valence-corrected chi connectivity index (χ4v) is 4.20. The van der Waals surface area contributed by atoms with Gasteiger partial charge in [-0.3, -0.25) is 4.79 Å². The van der Waals surface area contributed by atoms with E-state index in [9.17, 15) is 13.2 Å². The summed E-state index contributed by atoms with van der Waals surface area (Å²) in [5, 5.41) is 5.97. The van der Waals surface area contributed by atoms with Crippen LogP contribution in [0.15, 0.2) is 46.7 Å². The molecule has 0 aliphatic carbocycles. The summed E-state index contributed by atoms with van der Waals surface area (Å²) in [6, 6.07) is 9.17. The fraction of sp³-hybridized carbons (Fsp3) is 0.111. The highest BCUT2D eigenvalue weighted by Crippen LogP contribution is 2.30. The van der Waals surface area contributed by atoms with Crippen LogP contribution in [0.3, 0.4) is 0 Å². The summed E-state index contributed by atoms with van der Waals surface area (Å²) in [6.07, 6.45) is 1.07. The Morgan fingerprint density at radius 1 is 1.11 bits per heavy atom. The third-order valence-electron chi connectivity index (χ3n) is 3.75. The van der Waals surface area contributed by atoms with Gasteiger partial charge >= 0.3 is 0 Å². The normalized spacial score (nSPS) is 11.4. The van der Waals surface area contributed by atoms with Crippen molar-refractivity contribution in [2.75, 3.05) is 11.6 Å². The van der Waals surface area contributed by atoms with Gasteiger partial charge in [-0.05, 0) is 37.3 Å². The zero-order valence-corrected chi connectivity index (χ0v) is 17.4. The Labute approximate surface area is 170 Å². The number of hydrogen-bond acceptors (Lipinski definition) is 5. The Hall–Kier alpha value is -1.93. The molecule has 0 fully saturated rings. The lowest BCUT2D eigenvalue weighted by atomic mass is 10.1. The predicted molar refractivity (Wildman–Crippen MR) is 110 cm³/mol. The highest BCUT2D eigenvalue weighted by molar-refractivity contribution is 7.90. The van der Waals surface area contributed by atoms with Gasteiger partial charge in [-0.2, -0.15) is 0 Å². The molecule has 0 aliphatic heterocycles. The Balaban J connectivity index is 1.84. The van der Waals surface area contributed by atoms with Crippen molar-refractivity contribution >= 4 is 56.0 Å². The van der Waals surface area contributed by atoms with Gasteiger partial charge in [0.2, 0.25) is 0 Å². The second kappa shape index (κ2) is 7.59. The second-order valence-electron chi connectivity index (χ2n) is 5.81. The van der Waals surface area contributed by atoms with Crippen molar-refractivity contribution in [1.82, 2.24) is 4.98 Å². The van der Waals surface area contributed by atoms with Crippen molar-refractivity contribution in [2.24, 2.45) is 0 Å². The molecule has 1 N–H and O–H groups in total. The van der Waals surface area contributed by atoms with E-state index in [0.29, 0.717) is 10.7 Å². The minimum Gasteiger partial charge on any atom is -0.321 e. The summed E-state index contributed by atoms with van der Waals surface area (Å²) in [5.41, 5.74) is 2.23. The molecule has 5 nitrogen and oxygen atoms in total. The quantitative estimate of drug-likeness (QED) is 0.613. The number of nitrogens with one attached hydrogen (secondary N) is 1. The molecule has 0 bridgehead atoms. The van der Waals surface area contributed by atoms with Gasteiger partial charge in [0.1, 0.15) is 0 Å². The van der Waals surface area contributed by atoms with Crippen molar-refractivity contribution in [2.45, 2.75) is 11.8 Å². The fourth-order valence-electron chi connectivity index (χ4n) is 2.37. The monoisotopic (exact) mass is 440 g/mol. The number of thiazole rings is 1. The van der Waals surface area contributed by atoms with E-state index in [0.717, 1.165) is 22.5 Å². The molecular formula is C18H14Cl2N2O3S2. The predicted octanol–water partition coefficient (Wildman–Crippen LogP) is 5.08. The van der Waals surface area contributed by atoms with E-state index < -0.39 is 15.7 Å². The zero-order chi connectivity index (χ0) is 19.8. The van der Waals surface area contributed by atoms with Crippen LogP contribution in [0, 0.1) is 6.92 Å². The van der Waals surface area contributed by atoms with Crippen LogP contribution >= 0.6 is 34.5 Å². The van der Waals surface area contributed by atoms with Gasteiger partial charge < -0.3 is 5.32 Å². The number of rotatable bonds is 4. The number of carbonyl (C=O) groups excluding carboxylic acids is 1. The molecule has 1 heterocycles. The molecule has 0 saturated carbocycles. The Bertz CT molecular complexity index is 1140. The molecule has 140 valence electrons. The van der Waals surface area contributed by atoms with E-state index in [-0.39, 0.29) is 15.5 Å². The van der Waals surface area contributed by atoms with Crippen LogP contribution < -0.4 is 5.32 Å². The Morgan fingerprint density at radius 3 is 2.41 bits per heavy atom. The summed E-state index contributed by atoms with van der Waals surface area (Å²) in [5.74, 6) is -0.487. The van der Waals surface area contributed by atoms with Gasteiger partial charge in [-0.1, -0.05) is 29.3 Å². The summed E-state index contributed by atoms with van der Waals surface area (Å²) < 4.78 is 23.1. The molecule has 0 saturated heterocycles. The minimum absolute atomic E-state index is 0.0427. The molecule has 1 aromatic heterocycles. The lowest BCUT2D eigenvalue weighted by molar-refractivity contribution is 0.102. The molecule has 0 unspecified atom stereocenters.